The first kappa shape index (κ1) is 25.1. The molecule has 1 aliphatic rings. The van der Waals surface area contributed by atoms with Crippen LogP contribution in [0.25, 0.3) is 0 Å². The molecular weight excluding hydrogens is 438 g/mol. The van der Waals surface area contributed by atoms with E-state index in [9.17, 15) is 13.2 Å². The number of benzene rings is 2. The number of carbonyl (C=O) groups excluding carboxylic acids is 1. The van der Waals surface area contributed by atoms with Gasteiger partial charge in [-0.2, -0.15) is 0 Å². The number of piperidine rings is 1. The monoisotopic (exact) mass is 473 g/mol. The molecule has 33 heavy (non-hydrogen) atoms. The predicted molar refractivity (Wildman–Crippen MR) is 132 cm³/mol. The molecule has 1 aliphatic heterocycles. The highest BCUT2D eigenvalue weighted by molar-refractivity contribution is 7.92. The number of nitrogens with zero attached hydrogens (tertiary/aromatic N) is 2. The molecule has 0 unspecified atom stereocenters. The van der Waals surface area contributed by atoms with Crippen LogP contribution in [0.1, 0.15) is 43.7 Å². The Bertz CT molecular complexity index is 1020. The molecule has 3 rings (SSSR count). The standard InChI is InChI=1S/C25H35N3O4S/c1-4-24(32-23-14-12-22(13-15-23)27(2)33(3,30)31)25(29)26-18-20-10-6-7-11-21(20)19-28-16-8-5-9-17-28/h6-7,10-15,24H,4-5,8-9,16-19H2,1-3H3,(H,26,29)/t24-/m0/s1. The van der Waals surface area contributed by atoms with Crippen molar-refractivity contribution in [3.8, 4) is 5.75 Å². The van der Waals surface area contributed by atoms with Crippen LogP contribution in [-0.4, -0.2) is 51.7 Å². The third kappa shape index (κ3) is 7.20. The lowest BCUT2D eigenvalue weighted by atomic mass is 10.0. The smallest absolute Gasteiger partial charge is 0.261 e. The van der Waals surface area contributed by atoms with E-state index >= 15 is 0 Å². The van der Waals surface area contributed by atoms with Gasteiger partial charge in [0.15, 0.2) is 6.10 Å². The molecule has 1 fully saturated rings. The maximum atomic E-state index is 12.8. The average Bonchev–Trinajstić information content (AvgIpc) is 2.82. The van der Waals surface area contributed by atoms with Gasteiger partial charge in [-0.25, -0.2) is 8.42 Å². The van der Waals surface area contributed by atoms with Gasteiger partial charge in [-0.3, -0.25) is 14.0 Å². The van der Waals surface area contributed by atoms with Crippen molar-refractivity contribution in [3.05, 3.63) is 59.7 Å². The maximum Gasteiger partial charge on any atom is 0.261 e. The molecule has 1 N–H and O–H groups in total. The number of hydrogen-bond donors (Lipinski definition) is 1. The van der Waals surface area contributed by atoms with Gasteiger partial charge in [-0.15, -0.1) is 0 Å². The Balaban J connectivity index is 1.58. The Morgan fingerprint density at radius 1 is 1.06 bits per heavy atom. The first-order valence-electron chi connectivity index (χ1n) is 11.6. The van der Waals surface area contributed by atoms with E-state index in [1.54, 1.807) is 24.3 Å². The maximum absolute atomic E-state index is 12.8. The molecule has 0 saturated carbocycles. The Morgan fingerprint density at radius 2 is 1.70 bits per heavy atom. The molecule has 180 valence electrons. The Kier molecular flexibility index (Phi) is 8.74. The molecule has 2 aromatic rings. The highest BCUT2D eigenvalue weighted by Gasteiger charge is 2.20. The summed E-state index contributed by atoms with van der Waals surface area (Å²) >= 11 is 0. The molecular formula is C25H35N3O4S. The highest BCUT2D eigenvalue weighted by atomic mass is 32.2. The van der Waals surface area contributed by atoms with Gasteiger partial charge in [0.05, 0.1) is 11.9 Å². The summed E-state index contributed by atoms with van der Waals surface area (Å²) in [6.45, 7) is 5.53. The van der Waals surface area contributed by atoms with Crippen LogP contribution in [0.2, 0.25) is 0 Å². The zero-order valence-corrected chi connectivity index (χ0v) is 20.6. The lowest BCUT2D eigenvalue weighted by Crippen LogP contribution is -2.38. The van der Waals surface area contributed by atoms with Crippen LogP contribution >= 0.6 is 0 Å². The van der Waals surface area contributed by atoms with Gasteiger partial charge in [0.25, 0.3) is 5.91 Å². The minimum Gasteiger partial charge on any atom is -0.481 e. The van der Waals surface area contributed by atoms with Crippen LogP contribution < -0.4 is 14.4 Å². The van der Waals surface area contributed by atoms with E-state index < -0.39 is 16.1 Å². The second-order valence-corrected chi connectivity index (χ2v) is 10.6. The molecule has 8 heteroatoms. The summed E-state index contributed by atoms with van der Waals surface area (Å²) in [5.74, 6) is 0.357. The summed E-state index contributed by atoms with van der Waals surface area (Å²) in [4.78, 5) is 15.3. The number of amides is 1. The lowest BCUT2D eigenvalue weighted by Gasteiger charge is -2.27. The fourth-order valence-corrected chi connectivity index (χ4v) is 4.46. The number of hydrogen-bond acceptors (Lipinski definition) is 5. The van der Waals surface area contributed by atoms with Gasteiger partial charge < -0.3 is 10.1 Å². The molecule has 1 amide bonds. The van der Waals surface area contributed by atoms with Crippen molar-refractivity contribution >= 4 is 21.6 Å². The van der Waals surface area contributed by atoms with E-state index in [1.807, 2.05) is 19.1 Å². The summed E-state index contributed by atoms with van der Waals surface area (Å²) < 4.78 is 30.5. The zero-order chi connectivity index (χ0) is 23.8. The first-order valence-corrected chi connectivity index (χ1v) is 13.4. The Morgan fingerprint density at radius 3 is 2.30 bits per heavy atom. The van der Waals surface area contributed by atoms with Crippen molar-refractivity contribution in [2.24, 2.45) is 0 Å². The molecule has 2 aromatic carbocycles. The van der Waals surface area contributed by atoms with E-state index in [4.69, 9.17) is 4.74 Å². The van der Waals surface area contributed by atoms with Crippen LogP contribution in [0, 0.1) is 0 Å². The van der Waals surface area contributed by atoms with Crippen LogP contribution in [0.4, 0.5) is 5.69 Å². The van der Waals surface area contributed by atoms with Crippen LogP contribution in [0.15, 0.2) is 48.5 Å². The van der Waals surface area contributed by atoms with Crippen molar-refractivity contribution in [3.63, 3.8) is 0 Å². The number of nitrogens with one attached hydrogen (secondary N) is 1. The molecule has 0 bridgehead atoms. The van der Waals surface area contributed by atoms with Crippen LogP contribution in [-0.2, 0) is 27.9 Å². The van der Waals surface area contributed by atoms with Gasteiger partial charge in [-0.05, 0) is 67.7 Å². The molecule has 1 saturated heterocycles. The van der Waals surface area contributed by atoms with Crippen molar-refractivity contribution in [2.75, 3.05) is 30.7 Å². The summed E-state index contributed by atoms with van der Waals surface area (Å²) in [6, 6.07) is 15.0. The fraction of sp³-hybridized carbons (Fsp3) is 0.480. The average molecular weight is 474 g/mol. The Hall–Kier alpha value is -2.58. The van der Waals surface area contributed by atoms with Crippen molar-refractivity contribution in [1.29, 1.82) is 0 Å². The van der Waals surface area contributed by atoms with E-state index in [0.29, 0.717) is 24.4 Å². The third-order valence-corrected chi connectivity index (χ3v) is 7.26. The minimum atomic E-state index is -3.33. The summed E-state index contributed by atoms with van der Waals surface area (Å²) in [5, 5.41) is 3.03. The second kappa shape index (κ2) is 11.5. The normalized spacial score (nSPS) is 15.6. The van der Waals surface area contributed by atoms with Gasteiger partial charge in [0.2, 0.25) is 10.0 Å². The molecule has 1 atom stereocenters. The summed E-state index contributed by atoms with van der Waals surface area (Å²) in [5.41, 5.74) is 2.91. The summed E-state index contributed by atoms with van der Waals surface area (Å²) in [7, 11) is -1.83. The highest BCUT2D eigenvalue weighted by Crippen LogP contribution is 2.22. The van der Waals surface area contributed by atoms with E-state index in [1.165, 1.54) is 36.2 Å². The van der Waals surface area contributed by atoms with E-state index in [2.05, 4.69) is 22.3 Å². The molecule has 0 aliphatic carbocycles. The van der Waals surface area contributed by atoms with Gasteiger partial charge in [0.1, 0.15) is 5.75 Å². The van der Waals surface area contributed by atoms with Gasteiger partial charge in [0, 0.05) is 20.1 Å². The number of carbonyl (C=O) groups is 1. The van der Waals surface area contributed by atoms with Gasteiger partial charge in [-0.1, -0.05) is 37.6 Å². The zero-order valence-electron chi connectivity index (χ0n) is 19.8. The number of sulfonamides is 1. The second-order valence-electron chi connectivity index (χ2n) is 8.56. The lowest BCUT2D eigenvalue weighted by molar-refractivity contribution is -0.128. The van der Waals surface area contributed by atoms with Crippen molar-refractivity contribution < 1.29 is 17.9 Å². The molecule has 0 aromatic heterocycles. The number of likely N-dealkylation sites (tertiary alicyclic amines) is 1. The van der Waals surface area contributed by atoms with Crippen LogP contribution in [0.3, 0.4) is 0 Å². The molecule has 1 heterocycles. The fourth-order valence-electron chi connectivity index (χ4n) is 3.95. The molecule has 7 nitrogen and oxygen atoms in total. The molecule has 0 radical (unpaired) electrons. The quantitative estimate of drug-likeness (QED) is 0.571. The number of anilines is 1. The van der Waals surface area contributed by atoms with E-state index in [0.717, 1.165) is 31.5 Å². The predicted octanol–water partition coefficient (Wildman–Crippen LogP) is 3.54. The van der Waals surface area contributed by atoms with Crippen molar-refractivity contribution in [2.45, 2.75) is 51.8 Å². The van der Waals surface area contributed by atoms with Crippen molar-refractivity contribution in [1.82, 2.24) is 10.2 Å². The minimum absolute atomic E-state index is 0.164. The number of rotatable bonds is 10. The van der Waals surface area contributed by atoms with Gasteiger partial charge >= 0.3 is 0 Å². The first-order chi connectivity index (χ1) is 15.8. The molecule has 0 spiro atoms. The SMILES string of the molecule is CC[C@H](Oc1ccc(N(C)S(C)(=O)=O)cc1)C(=O)NCc1ccccc1CN1CCCCC1. The largest absolute Gasteiger partial charge is 0.481 e. The van der Waals surface area contributed by atoms with E-state index in [-0.39, 0.29) is 5.91 Å². The van der Waals surface area contributed by atoms with Crippen LogP contribution in [0.5, 0.6) is 5.75 Å². The topological polar surface area (TPSA) is 78.9 Å². The number of ether oxygens (including phenoxy) is 1. The summed E-state index contributed by atoms with van der Waals surface area (Å²) in [6.07, 6.45) is 4.85. The third-order valence-electron chi connectivity index (χ3n) is 6.05. The Labute approximate surface area is 197 Å².